The number of hydrogen-bond acceptors (Lipinski definition) is 2. The van der Waals surface area contributed by atoms with Gasteiger partial charge in [0.15, 0.2) is 0 Å². The smallest absolute Gasteiger partial charge is 0.222 e. The number of fused-ring (bicyclic) bond motifs is 1. The molecule has 36 heavy (non-hydrogen) atoms. The molecule has 0 spiro atoms. The summed E-state index contributed by atoms with van der Waals surface area (Å²) in [7, 11) is 0. The Morgan fingerprint density at radius 2 is 1.44 bits per heavy atom. The number of benzene rings is 2. The predicted octanol–water partition coefficient (Wildman–Crippen LogP) is 8.57. The summed E-state index contributed by atoms with van der Waals surface area (Å²) in [4.78, 5) is 4.22. The van der Waals surface area contributed by atoms with Crippen molar-refractivity contribution in [2.24, 2.45) is 22.7 Å². The van der Waals surface area contributed by atoms with Crippen LogP contribution in [0.25, 0.3) is 11.1 Å². The molecule has 194 valence electrons. The quantitative estimate of drug-likeness (QED) is 0.376. The molecule has 2 saturated carbocycles. The van der Waals surface area contributed by atoms with E-state index >= 15 is 8.78 Å². The summed E-state index contributed by atoms with van der Waals surface area (Å²) in [5.41, 5.74) is -0.935. The summed E-state index contributed by atoms with van der Waals surface area (Å²) in [5, 5.41) is 0. The van der Waals surface area contributed by atoms with Crippen LogP contribution >= 0.6 is 0 Å². The van der Waals surface area contributed by atoms with Gasteiger partial charge in [-0.2, -0.15) is 0 Å². The standard InChI is InChI=1S/C30H35F4NO/c1-4-5-17-6-7-19-11-20(9-8-18(19)10-17)21-12-23(31)27(24(32)13-21)22-14-25(33)28(26(34)15-22)29-35-30(2,3)16-36-29/h12-15,17-20H,4-11,16H2,1-3H3. The van der Waals surface area contributed by atoms with E-state index in [1.165, 1.54) is 44.2 Å². The molecule has 4 atom stereocenters. The molecule has 0 bridgehead atoms. The molecule has 1 heterocycles. The van der Waals surface area contributed by atoms with E-state index < -0.39 is 39.9 Å². The van der Waals surface area contributed by atoms with Gasteiger partial charge in [0.2, 0.25) is 5.90 Å². The summed E-state index contributed by atoms with van der Waals surface area (Å²) in [6, 6.07) is 4.64. The van der Waals surface area contributed by atoms with Crippen LogP contribution in [0.5, 0.6) is 0 Å². The average Bonchev–Trinajstić information content (AvgIpc) is 3.17. The molecule has 0 N–H and O–H groups in total. The van der Waals surface area contributed by atoms with Crippen LogP contribution in [-0.2, 0) is 4.74 Å². The topological polar surface area (TPSA) is 21.6 Å². The molecule has 2 aromatic carbocycles. The largest absolute Gasteiger partial charge is 0.475 e. The first-order chi connectivity index (χ1) is 17.1. The molecule has 0 amide bonds. The summed E-state index contributed by atoms with van der Waals surface area (Å²) in [6.45, 7) is 6.03. The van der Waals surface area contributed by atoms with Gasteiger partial charge >= 0.3 is 0 Å². The maximum absolute atomic E-state index is 15.3. The molecule has 0 aromatic heterocycles. The van der Waals surface area contributed by atoms with Crippen LogP contribution in [0, 0.1) is 41.0 Å². The molecule has 6 heteroatoms. The fourth-order valence-corrected chi connectivity index (χ4v) is 6.70. The molecule has 2 aliphatic carbocycles. The lowest BCUT2D eigenvalue weighted by atomic mass is 9.63. The molecule has 1 aliphatic heterocycles. The van der Waals surface area contributed by atoms with E-state index in [9.17, 15) is 8.78 Å². The minimum Gasteiger partial charge on any atom is -0.475 e. The van der Waals surface area contributed by atoms with Gasteiger partial charge in [0.1, 0.15) is 35.4 Å². The Bertz CT molecular complexity index is 1130. The Morgan fingerprint density at radius 3 is 2.06 bits per heavy atom. The maximum Gasteiger partial charge on any atom is 0.222 e. The van der Waals surface area contributed by atoms with Crippen LogP contribution in [0.2, 0.25) is 0 Å². The lowest BCUT2D eigenvalue weighted by Gasteiger charge is -2.42. The molecular formula is C30H35F4NO. The Labute approximate surface area is 211 Å². The summed E-state index contributed by atoms with van der Waals surface area (Å²) >= 11 is 0. The Morgan fingerprint density at radius 1 is 0.833 bits per heavy atom. The van der Waals surface area contributed by atoms with Crippen LogP contribution in [-0.4, -0.2) is 18.0 Å². The molecule has 2 nitrogen and oxygen atoms in total. The van der Waals surface area contributed by atoms with Crippen molar-refractivity contribution in [2.45, 2.75) is 83.6 Å². The SMILES string of the molecule is CCCC1CCC2CC(c3cc(F)c(-c4cc(F)c(C5=NC(C)(C)CO5)c(F)c4)c(F)c3)CCC2C1. The first-order valence-corrected chi connectivity index (χ1v) is 13.4. The average molecular weight is 502 g/mol. The fraction of sp³-hybridized carbons (Fsp3) is 0.567. The number of ether oxygens (including phenoxy) is 1. The van der Waals surface area contributed by atoms with Gasteiger partial charge in [-0.3, -0.25) is 0 Å². The summed E-state index contributed by atoms with van der Waals surface area (Å²) in [6.07, 6.45) is 9.25. The number of nitrogens with zero attached hydrogens (tertiary/aromatic N) is 1. The van der Waals surface area contributed by atoms with Crippen molar-refractivity contribution in [3.63, 3.8) is 0 Å². The van der Waals surface area contributed by atoms with Crippen molar-refractivity contribution in [3.8, 4) is 11.1 Å². The summed E-state index contributed by atoms with van der Waals surface area (Å²) < 4.78 is 65.7. The Kier molecular flexibility index (Phi) is 6.90. The van der Waals surface area contributed by atoms with Crippen molar-refractivity contribution in [1.82, 2.24) is 0 Å². The molecule has 3 aliphatic rings. The van der Waals surface area contributed by atoms with Crippen LogP contribution < -0.4 is 0 Å². The molecule has 0 saturated heterocycles. The van der Waals surface area contributed by atoms with Gasteiger partial charge in [0.05, 0.1) is 11.1 Å². The van der Waals surface area contributed by atoms with E-state index in [0.717, 1.165) is 43.2 Å². The van der Waals surface area contributed by atoms with Crippen LogP contribution in [0.15, 0.2) is 29.3 Å². The number of halogens is 4. The molecular weight excluding hydrogens is 466 g/mol. The molecule has 2 fully saturated rings. The van der Waals surface area contributed by atoms with Crippen molar-refractivity contribution in [3.05, 3.63) is 58.7 Å². The third kappa shape index (κ3) is 4.92. The maximum atomic E-state index is 15.3. The minimum atomic E-state index is -0.957. The highest BCUT2D eigenvalue weighted by Crippen LogP contribution is 2.49. The number of aliphatic imine (C=N–C) groups is 1. The van der Waals surface area contributed by atoms with E-state index in [2.05, 4.69) is 11.9 Å². The molecule has 4 unspecified atom stereocenters. The first kappa shape index (κ1) is 25.3. The van der Waals surface area contributed by atoms with E-state index in [1.807, 2.05) is 0 Å². The lowest BCUT2D eigenvalue weighted by molar-refractivity contribution is 0.114. The molecule has 0 radical (unpaired) electrons. The van der Waals surface area contributed by atoms with Gasteiger partial charge in [0.25, 0.3) is 0 Å². The second kappa shape index (κ2) is 9.83. The zero-order chi connectivity index (χ0) is 25.6. The van der Waals surface area contributed by atoms with Crippen molar-refractivity contribution >= 4 is 5.90 Å². The van der Waals surface area contributed by atoms with Crippen molar-refractivity contribution in [1.29, 1.82) is 0 Å². The van der Waals surface area contributed by atoms with Crippen LogP contribution in [0.4, 0.5) is 17.6 Å². The highest BCUT2D eigenvalue weighted by molar-refractivity contribution is 5.96. The molecule has 2 aromatic rings. The van der Waals surface area contributed by atoms with Gasteiger partial charge in [-0.15, -0.1) is 0 Å². The lowest BCUT2D eigenvalue weighted by Crippen LogP contribution is -2.30. The fourth-order valence-electron chi connectivity index (χ4n) is 6.70. The zero-order valence-corrected chi connectivity index (χ0v) is 21.4. The number of rotatable bonds is 5. The van der Waals surface area contributed by atoms with Gasteiger partial charge in [-0.25, -0.2) is 22.6 Å². The van der Waals surface area contributed by atoms with E-state index in [4.69, 9.17) is 4.74 Å². The van der Waals surface area contributed by atoms with Crippen LogP contribution in [0.3, 0.4) is 0 Å². The normalized spacial score (nSPS) is 27.4. The van der Waals surface area contributed by atoms with Gasteiger partial charge in [0, 0.05) is 0 Å². The zero-order valence-electron chi connectivity index (χ0n) is 21.4. The van der Waals surface area contributed by atoms with Crippen LogP contribution in [0.1, 0.15) is 89.2 Å². The Balaban J connectivity index is 1.37. The van der Waals surface area contributed by atoms with Gasteiger partial charge in [-0.05, 0) is 105 Å². The first-order valence-electron chi connectivity index (χ1n) is 13.4. The van der Waals surface area contributed by atoms with E-state index in [1.54, 1.807) is 13.8 Å². The second-order valence-electron chi connectivity index (χ2n) is 11.7. The summed E-state index contributed by atoms with van der Waals surface area (Å²) in [5.74, 6) is -1.34. The third-order valence-corrected chi connectivity index (χ3v) is 8.47. The predicted molar refractivity (Wildman–Crippen MR) is 134 cm³/mol. The van der Waals surface area contributed by atoms with Crippen molar-refractivity contribution < 1.29 is 22.3 Å². The van der Waals surface area contributed by atoms with Crippen molar-refractivity contribution in [2.75, 3.05) is 6.61 Å². The highest BCUT2D eigenvalue weighted by atomic mass is 19.1. The third-order valence-electron chi connectivity index (χ3n) is 8.47. The second-order valence-corrected chi connectivity index (χ2v) is 11.7. The monoisotopic (exact) mass is 501 g/mol. The van der Waals surface area contributed by atoms with E-state index in [-0.39, 0.29) is 24.0 Å². The van der Waals surface area contributed by atoms with Gasteiger partial charge < -0.3 is 4.74 Å². The minimum absolute atomic E-state index is 0.115. The highest BCUT2D eigenvalue weighted by Gasteiger charge is 2.36. The number of hydrogen-bond donors (Lipinski definition) is 0. The van der Waals surface area contributed by atoms with Gasteiger partial charge in [-0.1, -0.05) is 26.2 Å². The van der Waals surface area contributed by atoms with E-state index in [0.29, 0.717) is 11.5 Å². The molecule has 5 rings (SSSR count). The Hall–Kier alpha value is -2.37.